The van der Waals surface area contributed by atoms with Crippen LogP contribution in [0.5, 0.6) is 0 Å². The van der Waals surface area contributed by atoms with Crippen LogP contribution in [0.3, 0.4) is 0 Å². The third kappa shape index (κ3) is 3.11. The molecule has 3 nitrogen and oxygen atoms in total. The maximum Gasteiger partial charge on any atom is 0.269 e. The number of halogens is 2. The Morgan fingerprint density at radius 2 is 1.80 bits per heavy atom. The summed E-state index contributed by atoms with van der Waals surface area (Å²) in [7, 11) is 0. The minimum atomic E-state index is -0.398. The Morgan fingerprint density at radius 3 is 2.40 bits per heavy atom. The van der Waals surface area contributed by atoms with E-state index in [1.807, 2.05) is 31.2 Å². The predicted octanol–water partition coefficient (Wildman–Crippen LogP) is 3.52. The number of carbonyl (C=O) groups excluding carboxylic acids is 1. The summed E-state index contributed by atoms with van der Waals surface area (Å²) in [5, 5.41) is 0.206. The van der Waals surface area contributed by atoms with Gasteiger partial charge in [-0.2, -0.15) is 0 Å². The van der Waals surface area contributed by atoms with Gasteiger partial charge in [-0.05, 0) is 25.0 Å². The van der Waals surface area contributed by atoms with Crippen molar-refractivity contribution in [2.45, 2.75) is 19.9 Å². The molecule has 2 aromatic rings. The summed E-state index contributed by atoms with van der Waals surface area (Å²) in [6, 6.07) is 9.30. The van der Waals surface area contributed by atoms with E-state index in [-0.39, 0.29) is 15.7 Å². The first-order valence-corrected chi connectivity index (χ1v) is 6.88. The lowest BCUT2D eigenvalue weighted by Crippen LogP contribution is -2.25. The second-order valence-corrected chi connectivity index (χ2v) is 5.35. The molecule has 0 aliphatic heterocycles. The van der Waals surface area contributed by atoms with E-state index in [1.54, 1.807) is 0 Å². The van der Waals surface area contributed by atoms with Gasteiger partial charge in [0.1, 0.15) is 10.7 Å². The van der Waals surface area contributed by atoms with Gasteiger partial charge >= 0.3 is 0 Å². The van der Waals surface area contributed by atoms with Crippen molar-refractivity contribution >= 4 is 29.5 Å². The van der Waals surface area contributed by atoms with Gasteiger partial charge in [-0.3, -0.25) is 9.59 Å². The summed E-state index contributed by atoms with van der Waals surface area (Å²) < 4.78 is 1.32. The highest BCUT2D eigenvalue weighted by Gasteiger charge is 2.12. The zero-order valence-electron chi connectivity index (χ0n) is 10.9. The molecule has 0 atom stereocenters. The highest BCUT2D eigenvalue weighted by atomic mass is 35.5. The highest BCUT2D eigenvalue weighted by molar-refractivity contribution is 6.35. The Morgan fingerprint density at radius 1 is 1.15 bits per heavy atom. The smallest absolute Gasteiger partial charge is 0.269 e. The zero-order valence-corrected chi connectivity index (χ0v) is 12.4. The second kappa shape index (κ2) is 6.25. The van der Waals surface area contributed by atoms with Crippen LogP contribution in [0.1, 0.15) is 21.6 Å². The number of hydrogen-bond acceptors (Lipinski definition) is 2. The molecule has 0 saturated heterocycles. The standard InChI is InChI=1S/C15H13Cl2NO2/c1-10-2-4-11(5-3-10)6-7-18-14(9-19)12(16)8-13(17)15(18)20/h2-5,8-9H,6-7H2,1H3. The Bertz CT molecular complexity index is 690. The number of carbonyl (C=O) groups is 1. The van der Waals surface area contributed by atoms with Gasteiger partial charge < -0.3 is 4.57 Å². The third-order valence-corrected chi connectivity index (χ3v) is 3.67. The topological polar surface area (TPSA) is 39.1 Å². The normalized spacial score (nSPS) is 10.6. The molecule has 0 aliphatic carbocycles. The van der Waals surface area contributed by atoms with Crippen LogP contribution in [0.15, 0.2) is 35.1 Å². The van der Waals surface area contributed by atoms with E-state index in [0.29, 0.717) is 19.3 Å². The number of aryl methyl sites for hydroxylation is 2. The molecule has 0 amide bonds. The number of aldehydes is 1. The molecule has 2 rings (SSSR count). The maximum atomic E-state index is 12.0. The average molecular weight is 310 g/mol. The van der Waals surface area contributed by atoms with E-state index in [1.165, 1.54) is 16.2 Å². The minimum absolute atomic E-state index is 0.0181. The SMILES string of the molecule is Cc1ccc(CCn2c(C=O)c(Cl)cc(Cl)c2=O)cc1. The Hall–Kier alpha value is -1.58. The molecule has 20 heavy (non-hydrogen) atoms. The van der Waals surface area contributed by atoms with Crippen LogP contribution in [0, 0.1) is 6.92 Å². The Kier molecular flexibility index (Phi) is 4.63. The van der Waals surface area contributed by atoms with Gasteiger partial charge in [0.05, 0.1) is 5.02 Å². The molecule has 0 saturated carbocycles. The van der Waals surface area contributed by atoms with Gasteiger partial charge in [0, 0.05) is 6.54 Å². The fourth-order valence-corrected chi connectivity index (χ4v) is 2.47. The van der Waals surface area contributed by atoms with Gasteiger partial charge in [0.15, 0.2) is 6.29 Å². The van der Waals surface area contributed by atoms with E-state index in [4.69, 9.17) is 23.2 Å². The molecule has 0 fully saturated rings. The van der Waals surface area contributed by atoms with Crippen LogP contribution < -0.4 is 5.56 Å². The number of pyridine rings is 1. The predicted molar refractivity (Wildman–Crippen MR) is 81.0 cm³/mol. The van der Waals surface area contributed by atoms with Gasteiger partial charge in [0.2, 0.25) is 0 Å². The van der Waals surface area contributed by atoms with E-state index in [2.05, 4.69) is 0 Å². The fraction of sp³-hybridized carbons (Fsp3) is 0.200. The Balaban J connectivity index is 2.31. The molecule has 0 aliphatic rings. The summed E-state index contributed by atoms with van der Waals surface area (Å²) in [5.41, 5.74) is 2.01. The van der Waals surface area contributed by atoms with Crippen molar-refractivity contribution in [3.63, 3.8) is 0 Å². The van der Waals surface area contributed by atoms with E-state index in [0.717, 1.165) is 5.56 Å². The summed E-state index contributed by atoms with van der Waals surface area (Å²) >= 11 is 11.8. The van der Waals surface area contributed by atoms with Gasteiger partial charge in [-0.15, -0.1) is 0 Å². The maximum absolute atomic E-state index is 12.0. The number of nitrogens with zero attached hydrogens (tertiary/aromatic N) is 1. The molecular weight excluding hydrogens is 297 g/mol. The largest absolute Gasteiger partial charge is 0.303 e. The van der Waals surface area contributed by atoms with Crippen molar-refractivity contribution in [1.29, 1.82) is 0 Å². The van der Waals surface area contributed by atoms with Crippen molar-refractivity contribution in [2.75, 3.05) is 0 Å². The zero-order chi connectivity index (χ0) is 14.7. The lowest BCUT2D eigenvalue weighted by Gasteiger charge is -2.11. The number of benzene rings is 1. The van der Waals surface area contributed by atoms with E-state index >= 15 is 0 Å². The lowest BCUT2D eigenvalue weighted by molar-refractivity contribution is 0.111. The highest BCUT2D eigenvalue weighted by Crippen LogP contribution is 2.17. The molecule has 5 heteroatoms. The first-order chi connectivity index (χ1) is 9.52. The molecule has 0 bridgehead atoms. The Labute approximate surface area is 126 Å². The first kappa shape index (κ1) is 14.8. The fourth-order valence-electron chi connectivity index (χ4n) is 1.95. The second-order valence-electron chi connectivity index (χ2n) is 4.54. The number of rotatable bonds is 4. The van der Waals surface area contributed by atoms with Crippen molar-refractivity contribution < 1.29 is 4.79 Å². The van der Waals surface area contributed by atoms with Crippen LogP contribution in [0.4, 0.5) is 0 Å². The summed E-state index contributed by atoms with van der Waals surface area (Å²) in [5.74, 6) is 0. The third-order valence-electron chi connectivity index (χ3n) is 3.09. The monoisotopic (exact) mass is 309 g/mol. The molecule has 0 spiro atoms. The van der Waals surface area contributed by atoms with Crippen LogP contribution >= 0.6 is 23.2 Å². The minimum Gasteiger partial charge on any atom is -0.303 e. The lowest BCUT2D eigenvalue weighted by atomic mass is 10.1. The molecule has 1 aromatic heterocycles. The van der Waals surface area contributed by atoms with Crippen molar-refractivity contribution in [1.82, 2.24) is 4.57 Å². The molecule has 1 aromatic carbocycles. The van der Waals surface area contributed by atoms with Gasteiger partial charge in [-0.1, -0.05) is 53.0 Å². The van der Waals surface area contributed by atoms with E-state index in [9.17, 15) is 9.59 Å². The number of hydrogen-bond donors (Lipinski definition) is 0. The first-order valence-electron chi connectivity index (χ1n) is 6.12. The summed E-state index contributed by atoms with van der Waals surface area (Å²) in [6.45, 7) is 2.37. The van der Waals surface area contributed by atoms with Gasteiger partial charge in [-0.25, -0.2) is 0 Å². The number of aromatic nitrogens is 1. The van der Waals surface area contributed by atoms with Crippen molar-refractivity contribution in [2.24, 2.45) is 0 Å². The molecule has 0 radical (unpaired) electrons. The van der Waals surface area contributed by atoms with Gasteiger partial charge in [0.25, 0.3) is 5.56 Å². The van der Waals surface area contributed by atoms with Crippen LogP contribution in [0.25, 0.3) is 0 Å². The summed E-state index contributed by atoms with van der Waals surface area (Å²) in [6.07, 6.45) is 1.20. The average Bonchev–Trinajstić information content (AvgIpc) is 2.43. The van der Waals surface area contributed by atoms with Crippen molar-refractivity contribution in [3.05, 3.63) is 67.6 Å². The molecular formula is C15H13Cl2NO2. The molecule has 104 valence electrons. The van der Waals surface area contributed by atoms with Crippen LogP contribution in [-0.4, -0.2) is 10.9 Å². The molecule has 0 N–H and O–H groups in total. The molecule has 1 heterocycles. The summed E-state index contributed by atoms with van der Waals surface area (Å²) in [4.78, 5) is 23.1. The van der Waals surface area contributed by atoms with E-state index < -0.39 is 5.56 Å². The van der Waals surface area contributed by atoms with Crippen molar-refractivity contribution in [3.8, 4) is 0 Å². The molecule has 0 unspecified atom stereocenters. The van der Waals surface area contributed by atoms with Crippen LogP contribution in [-0.2, 0) is 13.0 Å². The quantitative estimate of drug-likeness (QED) is 0.811. The van der Waals surface area contributed by atoms with Crippen LogP contribution in [0.2, 0.25) is 10.0 Å².